The van der Waals surface area contributed by atoms with Gasteiger partial charge in [0.05, 0.1) is 47.4 Å². The zero-order valence-electron chi connectivity index (χ0n) is 19.1. The molecule has 0 bridgehead atoms. The molecule has 0 saturated carbocycles. The van der Waals surface area contributed by atoms with Crippen molar-refractivity contribution in [2.45, 2.75) is 18.4 Å². The number of nitrogens with one attached hydrogen (secondary N) is 1. The molecule has 1 heterocycles. The number of para-hydroxylation sites is 2. The van der Waals surface area contributed by atoms with Crippen molar-refractivity contribution >= 4 is 46.0 Å². The number of nitrogens with zero attached hydrogens (tertiary/aromatic N) is 2. The first kappa shape index (κ1) is 23.9. The van der Waals surface area contributed by atoms with Crippen molar-refractivity contribution in [2.24, 2.45) is 0 Å². The van der Waals surface area contributed by atoms with Gasteiger partial charge in [0.1, 0.15) is 16.5 Å². The van der Waals surface area contributed by atoms with Gasteiger partial charge in [-0.1, -0.05) is 65.3 Å². The Balaban J connectivity index is 1.55. The van der Waals surface area contributed by atoms with E-state index in [0.717, 1.165) is 27.3 Å². The van der Waals surface area contributed by atoms with E-state index >= 15 is 0 Å². The van der Waals surface area contributed by atoms with E-state index in [9.17, 15) is 4.79 Å². The highest BCUT2D eigenvalue weighted by Crippen LogP contribution is 2.36. The van der Waals surface area contributed by atoms with Gasteiger partial charge in [0.2, 0.25) is 5.91 Å². The number of hydrogen-bond donors (Lipinski definition) is 1. The summed E-state index contributed by atoms with van der Waals surface area (Å²) >= 11 is 7.58. The molecule has 0 aliphatic carbocycles. The number of amides is 1. The molecule has 0 spiro atoms. The Morgan fingerprint density at radius 3 is 2.32 bits per heavy atom. The van der Waals surface area contributed by atoms with Crippen molar-refractivity contribution in [2.75, 3.05) is 25.3 Å². The van der Waals surface area contributed by atoms with Crippen molar-refractivity contribution in [1.29, 1.82) is 0 Å². The lowest BCUT2D eigenvalue weighted by molar-refractivity contribution is -0.113. The van der Waals surface area contributed by atoms with E-state index in [2.05, 4.69) is 36.5 Å². The summed E-state index contributed by atoms with van der Waals surface area (Å²) in [5.41, 5.74) is 5.28. The fourth-order valence-electron chi connectivity index (χ4n) is 3.43. The number of anilines is 1. The van der Waals surface area contributed by atoms with Crippen LogP contribution in [0.1, 0.15) is 16.8 Å². The normalized spacial score (nSPS) is 10.8. The van der Waals surface area contributed by atoms with E-state index in [0.29, 0.717) is 28.6 Å². The fourth-order valence-corrected chi connectivity index (χ4v) is 4.46. The first-order valence-electron chi connectivity index (χ1n) is 10.6. The van der Waals surface area contributed by atoms with Crippen LogP contribution in [-0.2, 0) is 11.2 Å². The molecule has 1 amide bonds. The molecule has 0 saturated heterocycles. The molecule has 8 heteroatoms. The van der Waals surface area contributed by atoms with Gasteiger partial charge in [0.25, 0.3) is 0 Å². The summed E-state index contributed by atoms with van der Waals surface area (Å²) in [6.07, 6.45) is 0.629. The summed E-state index contributed by atoms with van der Waals surface area (Å²) in [5.74, 6) is 0.879. The average molecular weight is 494 g/mol. The van der Waals surface area contributed by atoms with Crippen molar-refractivity contribution in [3.8, 4) is 11.5 Å². The van der Waals surface area contributed by atoms with Crippen LogP contribution in [0.25, 0.3) is 11.0 Å². The molecule has 6 nitrogen and oxygen atoms in total. The van der Waals surface area contributed by atoms with Crippen molar-refractivity contribution in [3.63, 3.8) is 0 Å². The number of carbonyl (C=O) groups excluding carboxylic acids is 1. The molecule has 0 aliphatic rings. The first-order chi connectivity index (χ1) is 16.5. The number of aromatic nitrogens is 2. The lowest BCUT2D eigenvalue weighted by Gasteiger charge is -2.13. The van der Waals surface area contributed by atoms with Gasteiger partial charge in [0, 0.05) is 12.5 Å². The summed E-state index contributed by atoms with van der Waals surface area (Å²) in [5, 5.41) is 3.98. The highest BCUT2D eigenvalue weighted by molar-refractivity contribution is 8.00. The zero-order chi connectivity index (χ0) is 24.1. The molecule has 0 aliphatic heterocycles. The van der Waals surface area contributed by atoms with Gasteiger partial charge >= 0.3 is 0 Å². The van der Waals surface area contributed by atoms with E-state index < -0.39 is 0 Å². The van der Waals surface area contributed by atoms with Crippen molar-refractivity contribution in [1.82, 2.24) is 9.97 Å². The van der Waals surface area contributed by atoms with Crippen LogP contribution in [0.4, 0.5) is 5.69 Å². The fraction of sp³-hybridized carbons (Fsp3) is 0.192. The predicted molar refractivity (Wildman–Crippen MR) is 137 cm³/mol. The minimum atomic E-state index is -0.208. The highest BCUT2D eigenvalue weighted by Gasteiger charge is 2.15. The molecular formula is C26H24ClN3O3S. The molecule has 4 rings (SSSR count). The van der Waals surface area contributed by atoms with Crippen LogP contribution in [0, 0.1) is 6.92 Å². The van der Waals surface area contributed by atoms with Gasteiger partial charge < -0.3 is 14.8 Å². The van der Waals surface area contributed by atoms with Crippen LogP contribution >= 0.6 is 23.4 Å². The third kappa shape index (κ3) is 5.61. The van der Waals surface area contributed by atoms with Crippen LogP contribution in [0.15, 0.2) is 65.7 Å². The summed E-state index contributed by atoms with van der Waals surface area (Å²) in [7, 11) is 3.05. The predicted octanol–water partition coefficient (Wildman–Crippen LogP) is 5.93. The van der Waals surface area contributed by atoms with E-state index in [1.165, 1.54) is 31.5 Å². The number of hydrogen-bond acceptors (Lipinski definition) is 6. The summed E-state index contributed by atoms with van der Waals surface area (Å²) in [6, 6.07) is 19.3. The first-order valence-corrected chi connectivity index (χ1v) is 12.0. The topological polar surface area (TPSA) is 73.3 Å². The van der Waals surface area contributed by atoms with Gasteiger partial charge in [-0.25, -0.2) is 9.97 Å². The van der Waals surface area contributed by atoms with Crippen molar-refractivity contribution in [3.05, 3.63) is 82.5 Å². The van der Waals surface area contributed by atoms with Gasteiger partial charge in [-0.05, 0) is 30.7 Å². The summed E-state index contributed by atoms with van der Waals surface area (Å²) in [4.78, 5) is 22.4. The smallest absolute Gasteiger partial charge is 0.234 e. The number of aryl methyl sites for hydroxylation is 1. The Morgan fingerprint density at radius 2 is 1.65 bits per heavy atom. The number of ether oxygens (including phenoxy) is 2. The Hall–Kier alpha value is -3.29. The summed E-state index contributed by atoms with van der Waals surface area (Å²) in [6.45, 7) is 2.06. The molecule has 174 valence electrons. The van der Waals surface area contributed by atoms with Gasteiger partial charge in [0.15, 0.2) is 0 Å². The molecule has 4 aromatic rings. The lowest BCUT2D eigenvalue weighted by Crippen LogP contribution is -2.15. The molecule has 0 unspecified atom stereocenters. The number of fused-ring (bicyclic) bond motifs is 1. The molecule has 1 N–H and O–H groups in total. The largest absolute Gasteiger partial charge is 0.495 e. The monoisotopic (exact) mass is 493 g/mol. The maximum Gasteiger partial charge on any atom is 0.234 e. The number of rotatable bonds is 8. The number of benzene rings is 3. The SMILES string of the molecule is COc1cc(OC)c(NC(=O)CSc2nc3ccccc3nc2Cc2ccc(C)cc2)cc1Cl. The maximum atomic E-state index is 12.8. The number of methoxy groups -OCH3 is 2. The van der Waals surface area contributed by atoms with E-state index in [1.54, 1.807) is 12.1 Å². The lowest BCUT2D eigenvalue weighted by atomic mass is 10.1. The molecule has 34 heavy (non-hydrogen) atoms. The van der Waals surface area contributed by atoms with E-state index in [4.69, 9.17) is 31.0 Å². The second kappa shape index (κ2) is 10.8. The second-order valence-electron chi connectivity index (χ2n) is 7.65. The van der Waals surface area contributed by atoms with Crippen LogP contribution < -0.4 is 14.8 Å². The third-order valence-corrected chi connectivity index (χ3v) is 6.49. The molecule has 1 aromatic heterocycles. The number of halogens is 1. The maximum absolute atomic E-state index is 12.8. The van der Waals surface area contributed by atoms with Crippen LogP contribution in [-0.4, -0.2) is 35.8 Å². The Kier molecular flexibility index (Phi) is 7.55. The molecule has 0 atom stereocenters. The van der Waals surface area contributed by atoms with Gasteiger partial charge in [-0.15, -0.1) is 0 Å². The van der Waals surface area contributed by atoms with Gasteiger partial charge in [-0.3, -0.25) is 4.79 Å². The molecule has 0 radical (unpaired) electrons. The number of carbonyl (C=O) groups is 1. The average Bonchev–Trinajstić information content (AvgIpc) is 2.84. The Labute approximate surface area is 207 Å². The quantitative estimate of drug-likeness (QED) is 0.307. The van der Waals surface area contributed by atoms with Crippen LogP contribution in [0.2, 0.25) is 5.02 Å². The zero-order valence-corrected chi connectivity index (χ0v) is 20.7. The second-order valence-corrected chi connectivity index (χ2v) is 9.02. The minimum absolute atomic E-state index is 0.153. The standard InChI is InChI=1S/C26H24ClN3O3S/c1-16-8-10-17(11-9-16)12-22-26(30-20-7-5-4-6-19(20)28-22)34-15-25(31)29-21-13-18(27)23(32-2)14-24(21)33-3/h4-11,13-14H,12,15H2,1-3H3,(H,29,31). The third-order valence-electron chi connectivity index (χ3n) is 5.19. The Bertz CT molecular complexity index is 1330. The minimum Gasteiger partial charge on any atom is -0.495 e. The van der Waals surface area contributed by atoms with E-state index in [-0.39, 0.29) is 11.7 Å². The van der Waals surface area contributed by atoms with Crippen LogP contribution in [0.5, 0.6) is 11.5 Å². The molecule has 0 fully saturated rings. The molecule has 3 aromatic carbocycles. The summed E-state index contributed by atoms with van der Waals surface area (Å²) < 4.78 is 10.6. The highest BCUT2D eigenvalue weighted by atomic mass is 35.5. The van der Waals surface area contributed by atoms with Crippen LogP contribution in [0.3, 0.4) is 0 Å². The van der Waals surface area contributed by atoms with E-state index in [1.807, 2.05) is 24.3 Å². The van der Waals surface area contributed by atoms with Crippen molar-refractivity contribution < 1.29 is 14.3 Å². The van der Waals surface area contributed by atoms with Gasteiger partial charge in [-0.2, -0.15) is 0 Å². The molecular weight excluding hydrogens is 470 g/mol. The number of thioether (sulfide) groups is 1. The Morgan fingerprint density at radius 1 is 0.971 bits per heavy atom.